The van der Waals surface area contributed by atoms with Crippen LogP contribution in [0.3, 0.4) is 0 Å². The first-order valence-electron chi connectivity index (χ1n) is 9.26. The third kappa shape index (κ3) is 9.12. The van der Waals surface area contributed by atoms with Crippen molar-refractivity contribution in [1.82, 2.24) is 9.96 Å². The van der Waals surface area contributed by atoms with E-state index in [2.05, 4.69) is 0 Å². The summed E-state index contributed by atoms with van der Waals surface area (Å²) >= 11 is 0. The number of imide groups is 1. The lowest BCUT2D eigenvalue weighted by Gasteiger charge is -2.21. The van der Waals surface area contributed by atoms with Gasteiger partial charge in [-0.15, -0.1) is 5.06 Å². The fraction of sp³-hybridized carbons (Fsp3) is 0.632. The van der Waals surface area contributed by atoms with Crippen molar-refractivity contribution in [3.8, 4) is 0 Å². The molecular formula is C19H30N2O6. The van der Waals surface area contributed by atoms with Crippen molar-refractivity contribution < 1.29 is 28.8 Å². The smallest absolute Gasteiger partial charge is 0.336 e. The van der Waals surface area contributed by atoms with Crippen LogP contribution in [-0.2, 0) is 28.8 Å². The molecular weight excluding hydrogens is 352 g/mol. The molecule has 0 rings (SSSR count). The zero-order valence-corrected chi connectivity index (χ0v) is 16.6. The Balaban J connectivity index is 4.54. The average Bonchev–Trinajstić information content (AvgIpc) is 2.68. The van der Waals surface area contributed by atoms with Gasteiger partial charge in [0.05, 0.1) is 5.92 Å². The van der Waals surface area contributed by atoms with Gasteiger partial charge in [0.15, 0.2) is 0 Å². The van der Waals surface area contributed by atoms with Crippen LogP contribution >= 0.6 is 0 Å². The number of carbonyl (C=O) groups is 5. The van der Waals surface area contributed by atoms with Crippen molar-refractivity contribution in [1.29, 1.82) is 0 Å². The Morgan fingerprint density at radius 1 is 1.00 bits per heavy atom. The lowest BCUT2D eigenvalue weighted by Crippen LogP contribution is -2.39. The molecule has 1 unspecified atom stereocenters. The summed E-state index contributed by atoms with van der Waals surface area (Å²) in [5, 5.41) is 0.566. The number of nitrogens with zero attached hydrogens (tertiary/aromatic N) is 2. The lowest BCUT2D eigenvalue weighted by molar-refractivity contribution is -0.205. The van der Waals surface area contributed by atoms with Crippen LogP contribution in [0.4, 0.5) is 0 Å². The third-order valence-corrected chi connectivity index (χ3v) is 4.06. The largest absolute Gasteiger partial charge is 0.342 e. The molecule has 0 aromatic heterocycles. The van der Waals surface area contributed by atoms with E-state index >= 15 is 0 Å². The predicted molar refractivity (Wildman–Crippen MR) is 99.0 cm³/mol. The van der Waals surface area contributed by atoms with Crippen molar-refractivity contribution in [2.24, 2.45) is 5.92 Å². The summed E-state index contributed by atoms with van der Waals surface area (Å²) in [6.07, 6.45) is 5.40. The average molecular weight is 382 g/mol. The Kier molecular flexibility index (Phi) is 12.4. The van der Waals surface area contributed by atoms with Crippen LogP contribution in [0.25, 0.3) is 0 Å². The number of amides is 3. The molecule has 8 nitrogen and oxygen atoms in total. The minimum absolute atomic E-state index is 0.0642. The summed E-state index contributed by atoms with van der Waals surface area (Å²) < 4.78 is 0. The highest BCUT2D eigenvalue weighted by Gasteiger charge is 2.27. The molecule has 0 aliphatic heterocycles. The number of carbonyl (C=O) groups excluding carboxylic acids is 5. The maximum Gasteiger partial charge on any atom is 0.336 e. The molecule has 0 aliphatic rings. The van der Waals surface area contributed by atoms with Gasteiger partial charge in [-0.05, 0) is 25.3 Å². The van der Waals surface area contributed by atoms with E-state index in [0.717, 1.165) is 6.08 Å². The lowest BCUT2D eigenvalue weighted by atomic mass is 9.99. The van der Waals surface area contributed by atoms with Gasteiger partial charge in [-0.1, -0.05) is 27.2 Å². The minimum atomic E-state index is -0.598. The van der Waals surface area contributed by atoms with Crippen molar-refractivity contribution >= 4 is 30.0 Å². The topological polar surface area (TPSA) is 101 Å². The first-order valence-corrected chi connectivity index (χ1v) is 9.26. The summed E-state index contributed by atoms with van der Waals surface area (Å²) in [5.74, 6) is -2.39. The molecule has 0 radical (unpaired) electrons. The van der Waals surface area contributed by atoms with Crippen LogP contribution in [0.2, 0.25) is 0 Å². The number of aldehydes is 1. The van der Waals surface area contributed by atoms with Gasteiger partial charge in [0, 0.05) is 32.5 Å². The molecule has 0 saturated heterocycles. The monoisotopic (exact) mass is 382 g/mol. The van der Waals surface area contributed by atoms with E-state index in [1.807, 2.05) is 6.92 Å². The van der Waals surface area contributed by atoms with Gasteiger partial charge in [0.2, 0.25) is 5.91 Å². The number of allylic oxidation sites excluding steroid dienone is 1. The highest BCUT2D eigenvalue weighted by molar-refractivity contribution is 5.95. The Morgan fingerprint density at radius 3 is 2.07 bits per heavy atom. The summed E-state index contributed by atoms with van der Waals surface area (Å²) in [6, 6.07) is 0. The normalized spacial score (nSPS) is 11.7. The molecule has 0 heterocycles. The van der Waals surface area contributed by atoms with E-state index in [1.165, 1.54) is 11.0 Å². The van der Waals surface area contributed by atoms with Gasteiger partial charge in [-0.25, -0.2) is 4.79 Å². The van der Waals surface area contributed by atoms with E-state index < -0.39 is 23.7 Å². The molecule has 3 amide bonds. The fourth-order valence-corrected chi connectivity index (χ4v) is 2.28. The quantitative estimate of drug-likeness (QED) is 0.235. The minimum Gasteiger partial charge on any atom is -0.342 e. The Morgan fingerprint density at radius 2 is 1.59 bits per heavy atom. The highest BCUT2D eigenvalue weighted by atomic mass is 16.7. The van der Waals surface area contributed by atoms with Crippen LogP contribution in [0.15, 0.2) is 12.2 Å². The number of hydrogen-bond donors (Lipinski definition) is 0. The molecule has 27 heavy (non-hydrogen) atoms. The molecule has 1 atom stereocenters. The molecule has 0 N–H and O–H groups in total. The van der Waals surface area contributed by atoms with Gasteiger partial charge in [-0.2, -0.15) is 0 Å². The summed E-state index contributed by atoms with van der Waals surface area (Å²) in [6.45, 7) is 5.50. The number of hydrogen-bond acceptors (Lipinski definition) is 6. The van der Waals surface area contributed by atoms with Crippen LogP contribution < -0.4 is 0 Å². The number of rotatable bonds is 11. The van der Waals surface area contributed by atoms with E-state index in [9.17, 15) is 24.0 Å². The van der Waals surface area contributed by atoms with Crippen molar-refractivity contribution in [3.05, 3.63) is 12.2 Å². The van der Waals surface area contributed by atoms with Crippen LogP contribution in [0, 0.1) is 5.92 Å². The summed E-state index contributed by atoms with van der Waals surface area (Å²) in [7, 11) is 1.63. The molecule has 152 valence electrons. The second-order valence-corrected chi connectivity index (χ2v) is 6.06. The van der Waals surface area contributed by atoms with E-state index in [-0.39, 0.29) is 18.7 Å². The van der Waals surface area contributed by atoms with Crippen molar-refractivity contribution in [2.45, 2.75) is 59.3 Å². The molecule has 0 aliphatic carbocycles. The zero-order valence-electron chi connectivity index (χ0n) is 16.6. The van der Waals surface area contributed by atoms with Crippen molar-refractivity contribution in [2.75, 3.05) is 13.6 Å². The zero-order chi connectivity index (χ0) is 20.8. The Bertz CT molecular complexity index is 542. The third-order valence-electron chi connectivity index (χ3n) is 4.06. The maximum absolute atomic E-state index is 12.3. The maximum atomic E-state index is 12.3. The summed E-state index contributed by atoms with van der Waals surface area (Å²) in [5.41, 5.74) is 0. The number of likely N-dealkylation sites (N-methyl/N-ethyl adjacent to an activating group) is 1. The molecule has 0 aromatic carbocycles. The molecule has 8 heteroatoms. The molecule has 0 aromatic rings. The van der Waals surface area contributed by atoms with E-state index in [1.54, 1.807) is 20.9 Å². The van der Waals surface area contributed by atoms with Crippen LogP contribution in [0.5, 0.6) is 0 Å². The Hall–Kier alpha value is -2.51. The standard InChI is InChI=1S/C19H30N2O6/c1-5-15(11-8-9-13-20(4)18(25)12-10-14-22)19(26)27-21(16(23)6-2)17(24)7-3/h10,12,14-15H,5-9,11,13H2,1-4H3/b12-10-. The molecule has 0 fully saturated rings. The van der Waals surface area contributed by atoms with Gasteiger partial charge in [-0.3, -0.25) is 19.2 Å². The van der Waals surface area contributed by atoms with Crippen LogP contribution in [-0.4, -0.2) is 53.5 Å². The SMILES string of the molecule is CCC(=O)N(OC(=O)C(CC)CCCCN(C)C(=O)/C=C\C=O)C(=O)CC. The van der Waals surface area contributed by atoms with Crippen LogP contribution in [0.1, 0.15) is 59.3 Å². The molecule has 0 bridgehead atoms. The second-order valence-electron chi connectivity index (χ2n) is 6.06. The number of unbranched alkanes of at least 4 members (excludes halogenated alkanes) is 1. The predicted octanol–water partition coefficient (Wildman–Crippen LogP) is 2.03. The van der Waals surface area contributed by atoms with E-state index in [4.69, 9.17) is 4.84 Å². The van der Waals surface area contributed by atoms with Gasteiger partial charge >= 0.3 is 5.97 Å². The molecule has 0 spiro atoms. The van der Waals surface area contributed by atoms with Gasteiger partial charge in [0.1, 0.15) is 6.29 Å². The molecule has 0 saturated carbocycles. The first-order chi connectivity index (χ1) is 12.8. The van der Waals surface area contributed by atoms with Crippen molar-refractivity contribution in [3.63, 3.8) is 0 Å². The van der Waals surface area contributed by atoms with Gasteiger partial charge in [0.25, 0.3) is 11.8 Å². The fourth-order valence-electron chi connectivity index (χ4n) is 2.28. The van der Waals surface area contributed by atoms with Gasteiger partial charge < -0.3 is 9.74 Å². The highest BCUT2D eigenvalue weighted by Crippen LogP contribution is 2.16. The van der Waals surface area contributed by atoms with E-state index in [0.29, 0.717) is 43.6 Å². The number of hydroxylamine groups is 2. The first kappa shape index (κ1) is 24.5. The summed E-state index contributed by atoms with van der Waals surface area (Å²) in [4.78, 5) is 64.3. The Labute approximate surface area is 160 Å². The second kappa shape index (κ2) is 13.7.